The van der Waals surface area contributed by atoms with E-state index in [1.54, 1.807) is 0 Å². The van der Waals surface area contributed by atoms with Gasteiger partial charge in [0.05, 0.1) is 0 Å². The van der Waals surface area contributed by atoms with Crippen LogP contribution < -0.4 is 4.74 Å². The minimum absolute atomic E-state index is 0.165. The van der Waals surface area contributed by atoms with Crippen LogP contribution in [0.25, 0.3) is 0 Å². The highest BCUT2D eigenvalue weighted by Gasteiger charge is 2.10. The van der Waals surface area contributed by atoms with Crippen LogP contribution in [0.1, 0.15) is 13.3 Å². The van der Waals surface area contributed by atoms with Gasteiger partial charge < -0.3 is 9.84 Å². The zero-order valence-corrected chi connectivity index (χ0v) is 8.64. The Bertz CT molecular complexity index is 343. The summed E-state index contributed by atoms with van der Waals surface area (Å²) < 4.78 is 5.51. The summed E-state index contributed by atoms with van der Waals surface area (Å²) in [7, 11) is 0. The highest BCUT2D eigenvalue weighted by Crippen LogP contribution is 2.14. The fourth-order valence-corrected chi connectivity index (χ4v) is 1.21. The van der Waals surface area contributed by atoms with E-state index in [2.05, 4.69) is 6.58 Å². The second-order valence-corrected chi connectivity index (χ2v) is 3.35. The summed E-state index contributed by atoms with van der Waals surface area (Å²) in [6, 6.07) is 9.30. The summed E-state index contributed by atoms with van der Waals surface area (Å²) in [5, 5.41) is 8.64. The summed E-state index contributed by atoms with van der Waals surface area (Å²) in [6.07, 6.45) is 0.139. The number of carboxylic acid groups (broad SMARTS) is 1. The summed E-state index contributed by atoms with van der Waals surface area (Å²) in [6.45, 7) is 5.28. The van der Waals surface area contributed by atoms with Crippen LogP contribution in [0.3, 0.4) is 0 Å². The molecular formula is C12H14O3. The maximum absolute atomic E-state index is 10.5. The second kappa shape index (κ2) is 5.20. The standard InChI is InChI=1S/C12H14O3/c1-9(12(13)14)8-10(2)15-11-6-4-3-5-7-11/h3-7,10H,1,8H2,2H3,(H,13,14). The van der Waals surface area contributed by atoms with Gasteiger partial charge in [-0.15, -0.1) is 0 Å². The van der Waals surface area contributed by atoms with Crippen molar-refractivity contribution in [1.29, 1.82) is 0 Å². The molecule has 0 aromatic heterocycles. The number of carbonyl (C=O) groups is 1. The molecule has 3 heteroatoms. The molecule has 1 atom stereocenters. The van der Waals surface area contributed by atoms with Gasteiger partial charge in [0.25, 0.3) is 0 Å². The van der Waals surface area contributed by atoms with Gasteiger partial charge in [-0.1, -0.05) is 24.8 Å². The maximum Gasteiger partial charge on any atom is 0.331 e. The summed E-state index contributed by atoms with van der Waals surface area (Å²) >= 11 is 0. The van der Waals surface area contributed by atoms with Gasteiger partial charge in [-0.05, 0) is 19.1 Å². The molecule has 0 saturated heterocycles. The van der Waals surface area contributed by atoms with Gasteiger partial charge in [-0.2, -0.15) is 0 Å². The number of benzene rings is 1. The molecule has 1 aromatic carbocycles. The average molecular weight is 206 g/mol. The van der Waals surface area contributed by atoms with Gasteiger partial charge in [0.1, 0.15) is 11.9 Å². The van der Waals surface area contributed by atoms with Crippen LogP contribution in [0.2, 0.25) is 0 Å². The Balaban J connectivity index is 2.46. The summed E-state index contributed by atoms with van der Waals surface area (Å²) in [5.74, 6) is -0.235. The molecule has 1 aromatic rings. The monoisotopic (exact) mass is 206 g/mol. The Kier molecular flexibility index (Phi) is 3.92. The first-order valence-corrected chi connectivity index (χ1v) is 4.72. The van der Waals surface area contributed by atoms with E-state index in [4.69, 9.17) is 9.84 Å². The van der Waals surface area contributed by atoms with Crippen molar-refractivity contribution in [2.75, 3.05) is 0 Å². The van der Waals surface area contributed by atoms with Gasteiger partial charge in [-0.3, -0.25) is 0 Å². The molecule has 0 aliphatic rings. The maximum atomic E-state index is 10.5. The number of rotatable bonds is 5. The van der Waals surface area contributed by atoms with Crippen molar-refractivity contribution in [3.63, 3.8) is 0 Å². The lowest BCUT2D eigenvalue weighted by molar-refractivity contribution is -0.133. The third-order valence-electron chi connectivity index (χ3n) is 1.92. The summed E-state index contributed by atoms with van der Waals surface area (Å²) in [5.41, 5.74) is 0.165. The fourth-order valence-electron chi connectivity index (χ4n) is 1.21. The quantitative estimate of drug-likeness (QED) is 0.753. The van der Waals surface area contributed by atoms with E-state index >= 15 is 0 Å². The topological polar surface area (TPSA) is 46.5 Å². The third-order valence-corrected chi connectivity index (χ3v) is 1.92. The van der Waals surface area contributed by atoms with Gasteiger partial charge in [-0.25, -0.2) is 4.79 Å². The number of ether oxygens (including phenoxy) is 1. The van der Waals surface area contributed by atoms with Gasteiger partial charge in [0.15, 0.2) is 0 Å². The lowest BCUT2D eigenvalue weighted by Gasteiger charge is -2.14. The molecule has 0 aliphatic carbocycles. The molecular weight excluding hydrogens is 192 g/mol. The van der Waals surface area contributed by atoms with Crippen molar-refractivity contribution in [2.24, 2.45) is 0 Å². The molecule has 1 N–H and O–H groups in total. The second-order valence-electron chi connectivity index (χ2n) is 3.35. The minimum Gasteiger partial charge on any atom is -0.490 e. The number of carboxylic acids is 1. The first kappa shape index (κ1) is 11.3. The molecule has 0 bridgehead atoms. The van der Waals surface area contributed by atoms with E-state index in [0.29, 0.717) is 6.42 Å². The van der Waals surface area contributed by atoms with E-state index in [1.807, 2.05) is 37.3 Å². The SMILES string of the molecule is C=C(CC(C)Oc1ccccc1)C(=O)O. The molecule has 0 saturated carbocycles. The van der Waals surface area contributed by atoms with Crippen LogP contribution in [0.4, 0.5) is 0 Å². The van der Waals surface area contributed by atoms with Gasteiger partial charge in [0, 0.05) is 12.0 Å². The molecule has 15 heavy (non-hydrogen) atoms. The number of hydrogen-bond acceptors (Lipinski definition) is 2. The molecule has 0 aliphatic heterocycles. The molecule has 1 rings (SSSR count). The lowest BCUT2D eigenvalue weighted by Crippen LogP contribution is -2.15. The Morgan fingerprint density at radius 2 is 2.07 bits per heavy atom. The minimum atomic E-state index is -0.974. The Hall–Kier alpha value is -1.77. The Labute approximate surface area is 89.0 Å². The van der Waals surface area contributed by atoms with Gasteiger partial charge in [0.2, 0.25) is 0 Å². The van der Waals surface area contributed by atoms with Crippen LogP contribution in [0.15, 0.2) is 42.5 Å². The van der Waals surface area contributed by atoms with Crippen molar-refractivity contribution in [1.82, 2.24) is 0 Å². The van der Waals surface area contributed by atoms with E-state index < -0.39 is 5.97 Å². The normalized spacial score (nSPS) is 11.8. The first-order chi connectivity index (χ1) is 7.09. The Morgan fingerprint density at radius 1 is 1.47 bits per heavy atom. The molecule has 3 nitrogen and oxygen atoms in total. The van der Waals surface area contributed by atoms with E-state index in [9.17, 15) is 4.79 Å². The van der Waals surface area contributed by atoms with Crippen molar-refractivity contribution in [3.8, 4) is 5.75 Å². The van der Waals surface area contributed by atoms with Crippen molar-refractivity contribution in [3.05, 3.63) is 42.5 Å². The molecule has 0 fully saturated rings. The van der Waals surface area contributed by atoms with E-state index in [-0.39, 0.29) is 11.7 Å². The molecule has 0 spiro atoms. The molecule has 0 heterocycles. The predicted octanol–water partition coefficient (Wildman–Crippen LogP) is 2.48. The van der Waals surface area contributed by atoms with Crippen molar-refractivity contribution >= 4 is 5.97 Å². The smallest absolute Gasteiger partial charge is 0.331 e. The number of aliphatic carboxylic acids is 1. The van der Waals surface area contributed by atoms with Crippen LogP contribution >= 0.6 is 0 Å². The fraction of sp³-hybridized carbons (Fsp3) is 0.250. The zero-order chi connectivity index (χ0) is 11.3. The van der Waals surface area contributed by atoms with Crippen LogP contribution in [0, 0.1) is 0 Å². The predicted molar refractivity (Wildman–Crippen MR) is 57.9 cm³/mol. The molecule has 1 unspecified atom stereocenters. The summed E-state index contributed by atoms with van der Waals surface area (Å²) in [4.78, 5) is 10.5. The lowest BCUT2D eigenvalue weighted by atomic mass is 10.1. The number of hydrogen-bond donors (Lipinski definition) is 1. The zero-order valence-electron chi connectivity index (χ0n) is 8.64. The molecule has 0 amide bonds. The number of para-hydroxylation sites is 1. The van der Waals surface area contributed by atoms with Gasteiger partial charge >= 0.3 is 5.97 Å². The highest BCUT2D eigenvalue weighted by atomic mass is 16.5. The highest BCUT2D eigenvalue weighted by molar-refractivity contribution is 5.85. The van der Waals surface area contributed by atoms with Crippen molar-refractivity contribution in [2.45, 2.75) is 19.4 Å². The van der Waals surface area contributed by atoms with Crippen LogP contribution in [-0.2, 0) is 4.79 Å². The first-order valence-electron chi connectivity index (χ1n) is 4.72. The molecule has 0 radical (unpaired) electrons. The molecule has 80 valence electrons. The largest absolute Gasteiger partial charge is 0.490 e. The van der Waals surface area contributed by atoms with Crippen LogP contribution in [-0.4, -0.2) is 17.2 Å². The third kappa shape index (κ3) is 3.85. The van der Waals surface area contributed by atoms with E-state index in [1.165, 1.54) is 0 Å². The van der Waals surface area contributed by atoms with Crippen LogP contribution in [0.5, 0.6) is 5.75 Å². The van der Waals surface area contributed by atoms with E-state index in [0.717, 1.165) is 5.75 Å². The average Bonchev–Trinajstić information content (AvgIpc) is 2.18. The van der Waals surface area contributed by atoms with Crippen molar-refractivity contribution < 1.29 is 14.6 Å². The Morgan fingerprint density at radius 3 is 2.60 bits per heavy atom.